The summed E-state index contributed by atoms with van der Waals surface area (Å²) in [5.74, 6) is -1.75. The fourth-order valence-electron chi connectivity index (χ4n) is 3.32. The molecule has 1 aliphatic rings. The fraction of sp³-hybridized carbons (Fsp3) is 0.316. The molecule has 0 saturated carbocycles. The van der Waals surface area contributed by atoms with E-state index in [9.17, 15) is 13.2 Å². The van der Waals surface area contributed by atoms with E-state index in [1.54, 1.807) is 6.07 Å². The zero-order valence-electron chi connectivity index (χ0n) is 14.0. The monoisotopic (exact) mass is 361 g/mol. The molecule has 136 valence electrons. The number of para-hydroxylation sites is 1. The van der Waals surface area contributed by atoms with E-state index in [1.165, 1.54) is 18.2 Å². The lowest BCUT2D eigenvalue weighted by molar-refractivity contribution is 0.212. The first kappa shape index (κ1) is 16.9. The lowest BCUT2D eigenvalue weighted by Crippen LogP contribution is -2.33. The van der Waals surface area contributed by atoms with Crippen molar-refractivity contribution in [3.8, 4) is 11.6 Å². The fourth-order valence-corrected chi connectivity index (χ4v) is 3.32. The highest BCUT2D eigenvalue weighted by atomic mass is 19.1. The van der Waals surface area contributed by atoms with Crippen molar-refractivity contribution in [2.75, 3.05) is 19.7 Å². The first-order chi connectivity index (χ1) is 12.6. The SMILES string of the molecule is Fc1cccc(F)c1-n1nc(OC[C@H]2CCCNC2)c2c(F)cccc21. The minimum atomic E-state index is -0.776. The van der Waals surface area contributed by atoms with E-state index in [-0.39, 0.29) is 22.5 Å². The Labute approximate surface area is 148 Å². The zero-order chi connectivity index (χ0) is 18.1. The number of aromatic nitrogens is 2. The Balaban J connectivity index is 1.76. The minimum Gasteiger partial charge on any atom is -0.476 e. The first-order valence-electron chi connectivity index (χ1n) is 8.60. The lowest BCUT2D eigenvalue weighted by Gasteiger charge is -2.22. The Kier molecular flexibility index (Phi) is 4.55. The third-order valence-electron chi connectivity index (χ3n) is 4.63. The summed E-state index contributed by atoms with van der Waals surface area (Å²) in [6, 6.07) is 7.86. The quantitative estimate of drug-likeness (QED) is 0.768. The molecule has 0 amide bonds. The highest BCUT2D eigenvalue weighted by Gasteiger charge is 2.22. The topological polar surface area (TPSA) is 39.1 Å². The summed E-state index contributed by atoms with van der Waals surface area (Å²) in [4.78, 5) is 0. The van der Waals surface area contributed by atoms with Gasteiger partial charge in [0.05, 0.1) is 17.5 Å². The molecule has 1 atom stereocenters. The minimum absolute atomic E-state index is 0.0475. The molecule has 1 aliphatic heterocycles. The van der Waals surface area contributed by atoms with Gasteiger partial charge in [0.1, 0.15) is 11.5 Å². The van der Waals surface area contributed by atoms with Gasteiger partial charge in [-0.2, -0.15) is 0 Å². The van der Waals surface area contributed by atoms with Crippen LogP contribution >= 0.6 is 0 Å². The van der Waals surface area contributed by atoms with Crippen molar-refractivity contribution in [3.63, 3.8) is 0 Å². The summed E-state index contributed by atoms with van der Waals surface area (Å²) in [5.41, 5.74) is -0.0944. The van der Waals surface area contributed by atoms with Gasteiger partial charge in [-0.3, -0.25) is 0 Å². The number of nitrogens with one attached hydrogen (secondary N) is 1. The Bertz CT molecular complexity index is 915. The van der Waals surface area contributed by atoms with Gasteiger partial charge in [0.2, 0.25) is 5.88 Å². The van der Waals surface area contributed by atoms with Gasteiger partial charge in [0, 0.05) is 12.5 Å². The molecule has 0 bridgehead atoms. The second-order valence-corrected chi connectivity index (χ2v) is 6.44. The van der Waals surface area contributed by atoms with Crippen LogP contribution < -0.4 is 10.1 Å². The van der Waals surface area contributed by atoms with E-state index in [0.29, 0.717) is 12.5 Å². The summed E-state index contributed by atoms with van der Waals surface area (Å²) in [7, 11) is 0. The smallest absolute Gasteiger partial charge is 0.244 e. The van der Waals surface area contributed by atoms with Gasteiger partial charge in [-0.1, -0.05) is 12.1 Å². The number of hydrogen-bond donors (Lipinski definition) is 1. The molecule has 2 heterocycles. The van der Waals surface area contributed by atoms with Crippen molar-refractivity contribution in [2.24, 2.45) is 5.92 Å². The largest absolute Gasteiger partial charge is 0.476 e. The summed E-state index contributed by atoms with van der Waals surface area (Å²) in [6.07, 6.45) is 2.06. The molecule has 1 fully saturated rings. The van der Waals surface area contributed by atoms with Crippen LogP contribution in [0.15, 0.2) is 36.4 Å². The second-order valence-electron chi connectivity index (χ2n) is 6.44. The van der Waals surface area contributed by atoms with Gasteiger partial charge in [-0.05, 0) is 43.7 Å². The maximum Gasteiger partial charge on any atom is 0.244 e. The normalized spacial score (nSPS) is 17.6. The van der Waals surface area contributed by atoms with E-state index in [1.807, 2.05) is 0 Å². The van der Waals surface area contributed by atoms with Gasteiger partial charge in [0.15, 0.2) is 11.6 Å². The standard InChI is InChI=1S/C19H18F3N3O/c20-13-5-2-8-16-17(13)19(26-11-12-4-3-9-23-10-12)24-25(16)18-14(21)6-1-7-15(18)22/h1-2,5-8,12,23H,3-4,9-11H2/t12-/m0/s1. The summed E-state index contributed by atoms with van der Waals surface area (Å²) in [6.45, 7) is 2.17. The lowest BCUT2D eigenvalue weighted by atomic mass is 10.0. The number of benzene rings is 2. The first-order valence-corrected chi connectivity index (χ1v) is 8.60. The van der Waals surface area contributed by atoms with Crippen molar-refractivity contribution in [3.05, 3.63) is 53.8 Å². The Hall–Kier alpha value is -2.54. The molecule has 2 aromatic carbocycles. The average Bonchev–Trinajstić information content (AvgIpc) is 3.01. The highest BCUT2D eigenvalue weighted by Crippen LogP contribution is 2.32. The molecule has 26 heavy (non-hydrogen) atoms. The average molecular weight is 361 g/mol. The maximum atomic E-state index is 14.4. The number of ether oxygens (including phenoxy) is 1. The molecule has 1 N–H and O–H groups in total. The predicted octanol–water partition coefficient (Wildman–Crippen LogP) is 3.82. The molecule has 4 nitrogen and oxygen atoms in total. The summed E-state index contributed by atoms with van der Waals surface area (Å²) >= 11 is 0. The van der Waals surface area contributed by atoms with Gasteiger partial charge in [0.25, 0.3) is 0 Å². The van der Waals surface area contributed by atoms with Crippen molar-refractivity contribution in [1.82, 2.24) is 15.1 Å². The van der Waals surface area contributed by atoms with E-state index in [4.69, 9.17) is 4.74 Å². The molecule has 0 aliphatic carbocycles. The Morgan fingerprint density at radius 3 is 2.54 bits per heavy atom. The van der Waals surface area contributed by atoms with Crippen LogP contribution in [0.3, 0.4) is 0 Å². The number of piperidine rings is 1. The van der Waals surface area contributed by atoms with Crippen LogP contribution in [0.4, 0.5) is 13.2 Å². The zero-order valence-corrected chi connectivity index (χ0v) is 14.0. The number of hydrogen-bond acceptors (Lipinski definition) is 3. The number of fused-ring (bicyclic) bond motifs is 1. The summed E-state index contributed by atoms with van der Waals surface area (Å²) < 4.78 is 49.7. The van der Waals surface area contributed by atoms with E-state index in [0.717, 1.165) is 42.7 Å². The van der Waals surface area contributed by atoms with Gasteiger partial charge < -0.3 is 10.1 Å². The Morgan fingerprint density at radius 2 is 1.81 bits per heavy atom. The molecule has 1 saturated heterocycles. The molecule has 0 unspecified atom stereocenters. The Morgan fingerprint density at radius 1 is 1.08 bits per heavy atom. The molecule has 3 aromatic rings. The van der Waals surface area contributed by atoms with Crippen LogP contribution in [0.25, 0.3) is 16.6 Å². The van der Waals surface area contributed by atoms with Crippen LogP contribution in [-0.2, 0) is 0 Å². The molecule has 4 rings (SSSR count). The molecule has 0 radical (unpaired) electrons. The van der Waals surface area contributed by atoms with Gasteiger partial charge in [-0.15, -0.1) is 5.10 Å². The van der Waals surface area contributed by atoms with Crippen molar-refractivity contribution < 1.29 is 17.9 Å². The van der Waals surface area contributed by atoms with Crippen LogP contribution in [0.5, 0.6) is 5.88 Å². The predicted molar refractivity (Wildman–Crippen MR) is 92.0 cm³/mol. The van der Waals surface area contributed by atoms with E-state index >= 15 is 0 Å². The maximum absolute atomic E-state index is 14.4. The van der Waals surface area contributed by atoms with Crippen molar-refractivity contribution in [2.45, 2.75) is 12.8 Å². The van der Waals surface area contributed by atoms with Crippen molar-refractivity contribution in [1.29, 1.82) is 0 Å². The summed E-state index contributed by atoms with van der Waals surface area (Å²) in [5, 5.41) is 7.59. The molecule has 1 aromatic heterocycles. The molecule has 7 heteroatoms. The molecular weight excluding hydrogens is 343 g/mol. The van der Waals surface area contributed by atoms with Crippen LogP contribution in [-0.4, -0.2) is 29.5 Å². The highest BCUT2D eigenvalue weighted by molar-refractivity contribution is 5.86. The number of nitrogens with zero attached hydrogens (tertiary/aromatic N) is 2. The van der Waals surface area contributed by atoms with Gasteiger partial charge >= 0.3 is 0 Å². The third-order valence-corrected chi connectivity index (χ3v) is 4.63. The second kappa shape index (κ2) is 6.99. The molecule has 0 spiro atoms. The van der Waals surface area contributed by atoms with E-state index in [2.05, 4.69) is 10.4 Å². The van der Waals surface area contributed by atoms with Crippen LogP contribution in [0.1, 0.15) is 12.8 Å². The van der Waals surface area contributed by atoms with Crippen molar-refractivity contribution >= 4 is 10.9 Å². The number of rotatable bonds is 4. The molecular formula is C19H18F3N3O. The number of halogens is 3. The van der Waals surface area contributed by atoms with Crippen LogP contribution in [0.2, 0.25) is 0 Å². The van der Waals surface area contributed by atoms with E-state index < -0.39 is 17.5 Å². The third kappa shape index (κ3) is 3.03. The van der Waals surface area contributed by atoms with Crippen LogP contribution in [0, 0.1) is 23.4 Å². The van der Waals surface area contributed by atoms with Gasteiger partial charge in [-0.25, -0.2) is 17.9 Å².